The number of ether oxygens (including phenoxy) is 2. The Morgan fingerprint density at radius 2 is 1.86 bits per heavy atom. The van der Waals surface area contributed by atoms with Crippen LogP contribution in [0.2, 0.25) is 5.02 Å². The molecule has 2 atom stereocenters. The van der Waals surface area contributed by atoms with Crippen LogP contribution in [-0.2, 0) is 0 Å². The van der Waals surface area contributed by atoms with Crippen LogP contribution in [0.4, 0.5) is 5.69 Å². The summed E-state index contributed by atoms with van der Waals surface area (Å²) in [7, 11) is 0. The number of anilines is 1. The van der Waals surface area contributed by atoms with Gasteiger partial charge in [0.05, 0.1) is 10.7 Å². The zero-order valence-electron chi connectivity index (χ0n) is 12.1. The van der Waals surface area contributed by atoms with Gasteiger partial charge in [0.1, 0.15) is 13.2 Å². The second kappa shape index (κ2) is 5.58. The van der Waals surface area contributed by atoms with Crippen LogP contribution in [0.15, 0.2) is 12.1 Å². The minimum atomic E-state index is 0.491. The molecule has 3 aliphatic heterocycles. The molecule has 114 valence electrons. The van der Waals surface area contributed by atoms with Gasteiger partial charge in [-0.3, -0.25) is 4.90 Å². The molecule has 0 amide bonds. The van der Waals surface area contributed by atoms with Crippen molar-refractivity contribution in [3.05, 3.63) is 17.2 Å². The number of benzene rings is 1. The maximum atomic E-state index is 6.40. The number of rotatable bonds is 2. The predicted octanol–water partition coefficient (Wildman–Crippen LogP) is 3.15. The Bertz CT molecular complexity index is 537. The third-order valence-corrected chi connectivity index (χ3v) is 5.14. The van der Waals surface area contributed by atoms with Crippen LogP contribution in [0, 0.1) is 0 Å². The second-order valence-corrected chi connectivity index (χ2v) is 6.52. The quantitative estimate of drug-likeness (QED) is 0.910. The summed E-state index contributed by atoms with van der Waals surface area (Å²) in [5.41, 5.74) is 0.971. The summed E-state index contributed by atoms with van der Waals surface area (Å²) in [6, 6.07) is 5.00. The number of halogens is 1. The normalized spacial score (nSPS) is 28.2. The van der Waals surface area contributed by atoms with Crippen molar-refractivity contribution in [1.82, 2.24) is 4.90 Å². The molecule has 5 heteroatoms. The minimum absolute atomic E-state index is 0.491. The molecule has 3 aliphatic rings. The van der Waals surface area contributed by atoms with Gasteiger partial charge in [-0.2, -0.15) is 0 Å². The molecule has 4 nitrogen and oxygen atoms in total. The zero-order valence-corrected chi connectivity index (χ0v) is 12.9. The van der Waals surface area contributed by atoms with Crippen molar-refractivity contribution in [2.24, 2.45) is 0 Å². The molecule has 0 spiro atoms. The van der Waals surface area contributed by atoms with Crippen LogP contribution in [0.25, 0.3) is 0 Å². The minimum Gasteiger partial charge on any atom is -0.486 e. The Morgan fingerprint density at radius 1 is 1.05 bits per heavy atom. The van der Waals surface area contributed by atoms with E-state index in [1.807, 2.05) is 12.1 Å². The molecule has 1 aromatic rings. The van der Waals surface area contributed by atoms with Gasteiger partial charge in [-0.15, -0.1) is 0 Å². The molecule has 2 saturated heterocycles. The predicted molar refractivity (Wildman–Crippen MR) is 83.7 cm³/mol. The summed E-state index contributed by atoms with van der Waals surface area (Å²) in [5.74, 6) is 1.55. The summed E-state index contributed by atoms with van der Waals surface area (Å²) < 4.78 is 11.2. The van der Waals surface area contributed by atoms with Crippen molar-refractivity contribution in [2.75, 3.05) is 31.6 Å². The fourth-order valence-electron chi connectivity index (χ4n) is 3.79. The molecule has 4 rings (SSSR count). The highest BCUT2D eigenvalue weighted by molar-refractivity contribution is 6.33. The monoisotopic (exact) mass is 308 g/mol. The van der Waals surface area contributed by atoms with Gasteiger partial charge in [0.2, 0.25) is 0 Å². The van der Waals surface area contributed by atoms with Gasteiger partial charge in [-0.25, -0.2) is 0 Å². The fourth-order valence-corrected chi connectivity index (χ4v) is 4.00. The summed E-state index contributed by atoms with van der Waals surface area (Å²) in [6.45, 7) is 3.64. The molecule has 21 heavy (non-hydrogen) atoms. The Hall–Kier alpha value is -1.13. The Kier molecular flexibility index (Phi) is 3.59. The van der Waals surface area contributed by atoms with E-state index >= 15 is 0 Å². The Balaban J connectivity index is 1.54. The molecule has 3 heterocycles. The van der Waals surface area contributed by atoms with Crippen LogP contribution in [0.5, 0.6) is 11.5 Å². The fraction of sp³-hybridized carbons (Fsp3) is 0.625. The third kappa shape index (κ3) is 2.55. The van der Waals surface area contributed by atoms with Gasteiger partial charge in [0.25, 0.3) is 0 Å². The molecular weight excluding hydrogens is 288 g/mol. The number of nitrogens with zero attached hydrogens (tertiary/aromatic N) is 1. The van der Waals surface area contributed by atoms with E-state index in [2.05, 4.69) is 10.2 Å². The number of fused-ring (bicyclic) bond motifs is 2. The zero-order chi connectivity index (χ0) is 14.2. The molecule has 0 bridgehead atoms. The van der Waals surface area contributed by atoms with E-state index in [-0.39, 0.29) is 0 Å². The van der Waals surface area contributed by atoms with Crippen molar-refractivity contribution < 1.29 is 9.47 Å². The van der Waals surface area contributed by atoms with Gasteiger partial charge in [0, 0.05) is 30.8 Å². The highest BCUT2D eigenvalue weighted by Crippen LogP contribution is 2.39. The SMILES string of the molecule is Clc1cc2c(cc1NC1CCN3CCCCC13)OCCO2. The lowest BCUT2D eigenvalue weighted by Crippen LogP contribution is -2.41. The summed E-state index contributed by atoms with van der Waals surface area (Å²) in [4.78, 5) is 2.62. The molecule has 2 unspecified atom stereocenters. The maximum absolute atomic E-state index is 6.40. The number of piperidine rings is 1. The van der Waals surface area contributed by atoms with E-state index in [1.54, 1.807) is 0 Å². The molecule has 1 aromatic carbocycles. The Morgan fingerprint density at radius 3 is 2.71 bits per heavy atom. The molecule has 0 radical (unpaired) electrons. The van der Waals surface area contributed by atoms with Crippen LogP contribution in [0.3, 0.4) is 0 Å². The van der Waals surface area contributed by atoms with Crippen molar-refractivity contribution in [3.8, 4) is 11.5 Å². The molecule has 0 aliphatic carbocycles. The van der Waals surface area contributed by atoms with Gasteiger partial charge in [-0.05, 0) is 25.8 Å². The maximum Gasteiger partial charge on any atom is 0.163 e. The van der Waals surface area contributed by atoms with Crippen LogP contribution in [-0.4, -0.2) is 43.3 Å². The van der Waals surface area contributed by atoms with E-state index in [4.69, 9.17) is 21.1 Å². The van der Waals surface area contributed by atoms with Gasteiger partial charge in [-0.1, -0.05) is 18.0 Å². The number of hydrogen-bond acceptors (Lipinski definition) is 4. The molecule has 0 saturated carbocycles. The summed E-state index contributed by atoms with van der Waals surface area (Å²) >= 11 is 6.40. The van der Waals surface area contributed by atoms with E-state index in [1.165, 1.54) is 38.8 Å². The van der Waals surface area contributed by atoms with Crippen molar-refractivity contribution in [2.45, 2.75) is 37.8 Å². The first kappa shape index (κ1) is 13.5. The Labute approximate surface area is 130 Å². The first-order chi connectivity index (χ1) is 10.3. The van der Waals surface area contributed by atoms with Gasteiger partial charge >= 0.3 is 0 Å². The number of hydrogen-bond donors (Lipinski definition) is 1. The topological polar surface area (TPSA) is 33.7 Å². The lowest BCUT2D eigenvalue weighted by Gasteiger charge is -2.33. The molecular formula is C16H21ClN2O2. The first-order valence-corrected chi connectivity index (χ1v) is 8.29. The van der Waals surface area contributed by atoms with Crippen molar-refractivity contribution in [3.63, 3.8) is 0 Å². The lowest BCUT2D eigenvalue weighted by molar-refractivity contribution is 0.171. The van der Waals surface area contributed by atoms with Crippen LogP contribution in [0.1, 0.15) is 25.7 Å². The van der Waals surface area contributed by atoms with Gasteiger partial charge in [0.15, 0.2) is 11.5 Å². The second-order valence-electron chi connectivity index (χ2n) is 6.11. The average molecular weight is 309 g/mol. The molecule has 1 N–H and O–H groups in total. The van der Waals surface area contributed by atoms with Crippen molar-refractivity contribution >= 4 is 17.3 Å². The van der Waals surface area contributed by atoms with E-state index in [9.17, 15) is 0 Å². The standard InChI is InChI=1S/C16H21ClN2O2/c17-11-9-15-16(21-8-7-20-15)10-13(11)18-12-4-6-19-5-2-1-3-14(12)19/h9-10,12,14,18H,1-8H2. The van der Waals surface area contributed by atoms with E-state index in [0.29, 0.717) is 30.3 Å². The van der Waals surface area contributed by atoms with Crippen LogP contribution >= 0.6 is 11.6 Å². The molecule has 2 fully saturated rings. The van der Waals surface area contributed by atoms with E-state index in [0.717, 1.165) is 17.2 Å². The van der Waals surface area contributed by atoms with E-state index < -0.39 is 0 Å². The lowest BCUT2D eigenvalue weighted by atomic mass is 9.99. The molecule has 0 aromatic heterocycles. The third-order valence-electron chi connectivity index (χ3n) is 4.83. The number of nitrogens with one attached hydrogen (secondary N) is 1. The smallest absolute Gasteiger partial charge is 0.163 e. The summed E-state index contributed by atoms with van der Waals surface area (Å²) in [5, 5.41) is 4.37. The van der Waals surface area contributed by atoms with Gasteiger partial charge < -0.3 is 14.8 Å². The first-order valence-electron chi connectivity index (χ1n) is 7.91. The van der Waals surface area contributed by atoms with Crippen LogP contribution < -0.4 is 14.8 Å². The highest BCUT2D eigenvalue weighted by Gasteiger charge is 2.35. The summed E-state index contributed by atoms with van der Waals surface area (Å²) in [6.07, 6.45) is 5.16. The largest absolute Gasteiger partial charge is 0.486 e. The average Bonchev–Trinajstić information content (AvgIpc) is 2.91. The highest BCUT2D eigenvalue weighted by atomic mass is 35.5. The van der Waals surface area contributed by atoms with Crippen molar-refractivity contribution in [1.29, 1.82) is 0 Å².